The molecule has 4 aromatic rings. The van der Waals surface area contributed by atoms with Crippen molar-refractivity contribution in [2.45, 2.75) is 26.2 Å². The molecule has 32 heavy (non-hydrogen) atoms. The second-order valence-electron chi connectivity index (χ2n) is 8.19. The Labute approximate surface area is 189 Å². The molecule has 0 bridgehead atoms. The van der Waals surface area contributed by atoms with Gasteiger partial charge in [0.25, 0.3) is 11.8 Å². The van der Waals surface area contributed by atoms with Gasteiger partial charge in [0, 0.05) is 28.2 Å². The van der Waals surface area contributed by atoms with E-state index in [1.807, 2.05) is 36.4 Å². The second-order valence-corrected chi connectivity index (χ2v) is 9.29. The minimum atomic E-state index is -0.497. The minimum Gasteiger partial charge on any atom is -0.365 e. The highest BCUT2D eigenvalue weighted by atomic mass is 32.1. The largest absolute Gasteiger partial charge is 0.365 e. The molecule has 1 aliphatic rings. The molecule has 0 spiro atoms. The number of fused-ring (bicyclic) bond motifs is 2. The highest BCUT2D eigenvalue weighted by Gasteiger charge is 2.27. The quantitative estimate of drug-likeness (QED) is 0.473. The summed E-state index contributed by atoms with van der Waals surface area (Å²) in [5, 5.41) is 4.26. The number of thiophene rings is 1. The van der Waals surface area contributed by atoms with Gasteiger partial charge < -0.3 is 11.1 Å². The monoisotopic (exact) mass is 442 g/mol. The third-order valence-corrected chi connectivity index (χ3v) is 7.07. The van der Waals surface area contributed by atoms with E-state index in [-0.39, 0.29) is 5.91 Å². The lowest BCUT2D eigenvalue weighted by molar-refractivity contribution is 0.1000. The molecule has 1 aromatic carbocycles. The molecular weight excluding hydrogens is 420 g/mol. The molecule has 7 heteroatoms. The number of nitrogens with zero attached hydrogens (tertiary/aromatic N) is 2. The van der Waals surface area contributed by atoms with Gasteiger partial charge in [-0.25, -0.2) is 4.98 Å². The molecule has 3 N–H and O–H groups in total. The summed E-state index contributed by atoms with van der Waals surface area (Å²) >= 11 is 1.46. The van der Waals surface area contributed by atoms with Gasteiger partial charge in [-0.2, -0.15) is 0 Å². The van der Waals surface area contributed by atoms with Crippen LogP contribution < -0.4 is 11.1 Å². The van der Waals surface area contributed by atoms with E-state index < -0.39 is 5.91 Å². The lowest BCUT2D eigenvalue weighted by Gasteiger charge is -2.18. The minimum absolute atomic E-state index is 0.289. The van der Waals surface area contributed by atoms with E-state index in [1.54, 1.807) is 18.5 Å². The van der Waals surface area contributed by atoms with E-state index in [0.29, 0.717) is 33.3 Å². The number of nitrogens with one attached hydrogen (secondary N) is 1. The third kappa shape index (κ3) is 3.65. The second kappa shape index (κ2) is 8.16. The number of hydrogen-bond acceptors (Lipinski definition) is 5. The van der Waals surface area contributed by atoms with Crippen molar-refractivity contribution < 1.29 is 9.59 Å². The number of rotatable bonds is 4. The van der Waals surface area contributed by atoms with Gasteiger partial charge in [-0.15, -0.1) is 11.3 Å². The Morgan fingerprint density at radius 3 is 2.81 bits per heavy atom. The Hall–Kier alpha value is -3.58. The highest BCUT2D eigenvalue weighted by molar-refractivity contribution is 7.17. The molecule has 3 heterocycles. The average molecular weight is 443 g/mol. The summed E-state index contributed by atoms with van der Waals surface area (Å²) in [7, 11) is 0. The van der Waals surface area contributed by atoms with E-state index in [4.69, 9.17) is 10.7 Å². The van der Waals surface area contributed by atoms with Gasteiger partial charge >= 0.3 is 0 Å². The first-order valence-electron chi connectivity index (χ1n) is 10.6. The summed E-state index contributed by atoms with van der Waals surface area (Å²) in [4.78, 5) is 35.8. The predicted molar refractivity (Wildman–Crippen MR) is 127 cm³/mol. The molecule has 0 fully saturated rings. The number of primary amides is 1. The number of pyridine rings is 2. The Balaban J connectivity index is 1.58. The Bertz CT molecular complexity index is 1350. The molecule has 0 saturated carbocycles. The van der Waals surface area contributed by atoms with Gasteiger partial charge in [0.2, 0.25) is 0 Å². The number of para-hydroxylation sites is 1. The van der Waals surface area contributed by atoms with Gasteiger partial charge in [-0.3, -0.25) is 14.6 Å². The van der Waals surface area contributed by atoms with Gasteiger partial charge in [-0.1, -0.05) is 25.1 Å². The summed E-state index contributed by atoms with van der Waals surface area (Å²) < 4.78 is 0. The number of aromatic nitrogens is 2. The number of amides is 2. The molecule has 6 nitrogen and oxygen atoms in total. The van der Waals surface area contributed by atoms with Crippen LogP contribution in [0.3, 0.4) is 0 Å². The molecule has 0 radical (unpaired) electrons. The highest BCUT2D eigenvalue weighted by Crippen LogP contribution is 2.40. The molecule has 3 aromatic heterocycles. The number of anilines is 1. The summed E-state index contributed by atoms with van der Waals surface area (Å²) in [6.07, 6.45) is 6.15. The number of nitrogens with two attached hydrogens (primary N) is 1. The van der Waals surface area contributed by atoms with E-state index in [0.717, 1.165) is 40.7 Å². The number of carbonyl (C=O) groups is 2. The van der Waals surface area contributed by atoms with E-state index in [1.165, 1.54) is 11.3 Å². The molecule has 5 rings (SSSR count). The van der Waals surface area contributed by atoms with Crippen molar-refractivity contribution in [1.82, 2.24) is 9.97 Å². The van der Waals surface area contributed by atoms with Gasteiger partial charge in [0.1, 0.15) is 5.00 Å². The summed E-state index contributed by atoms with van der Waals surface area (Å²) in [5.74, 6) is -0.234. The van der Waals surface area contributed by atoms with Crippen LogP contribution in [0.4, 0.5) is 5.00 Å². The number of hydrogen-bond donors (Lipinski definition) is 2. The van der Waals surface area contributed by atoms with Crippen molar-refractivity contribution in [3.05, 3.63) is 76.4 Å². The van der Waals surface area contributed by atoms with Crippen molar-refractivity contribution >= 4 is 39.1 Å². The number of carbonyl (C=O) groups excluding carboxylic acids is 2. The van der Waals surface area contributed by atoms with E-state index >= 15 is 0 Å². The van der Waals surface area contributed by atoms with Crippen LogP contribution in [0.1, 0.15) is 44.5 Å². The van der Waals surface area contributed by atoms with Crippen molar-refractivity contribution in [3.63, 3.8) is 0 Å². The molecule has 160 valence electrons. The van der Waals surface area contributed by atoms with Crippen LogP contribution in [0.15, 0.2) is 54.9 Å². The van der Waals surface area contributed by atoms with Gasteiger partial charge in [-0.05, 0) is 55.0 Å². The third-order valence-electron chi connectivity index (χ3n) is 5.90. The van der Waals surface area contributed by atoms with Crippen LogP contribution in [-0.2, 0) is 12.8 Å². The van der Waals surface area contributed by atoms with Crippen molar-refractivity contribution in [2.75, 3.05) is 5.32 Å². The van der Waals surface area contributed by atoms with Gasteiger partial charge in [0.05, 0.1) is 22.3 Å². The Morgan fingerprint density at radius 2 is 2.03 bits per heavy atom. The standard InChI is InChI=1S/C25H22N4O2S/c1-14-8-9-17-21(11-14)32-25(22(17)23(26)30)29-24(31)18-12-20(15-5-4-10-27-13-15)28-19-7-3-2-6-16(18)19/h2-7,10,12-14H,8-9,11H2,1H3,(H2,26,30)(H,29,31)/t14-/m0/s1. The predicted octanol–water partition coefficient (Wildman–Crippen LogP) is 4.83. The van der Waals surface area contributed by atoms with Crippen molar-refractivity contribution in [3.8, 4) is 11.3 Å². The van der Waals surface area contributed by atoms with E-state index in [9.17, 15) is 9.59 Å². The zero-order valence-electron chi connectivity index (χ0n) is 17.6. The number of benzene rings is 1. The summed E-state index contributed by atoms with van der Waals surface area (Å²) in [6, 6.07) is 13.0. The van der Waals surface area contributed by atoms with Crippen LogP contribution in [0.2, 0.25) is 0 Å². The molecule has 1 atom stereocenters. The smallest absolute Gasteiger partial charge is 0.257 e. The fraction of sp³-hybridized carbons (Fsp3) is 0.200. The zero-order chi connectivity index (χ0) is 22.2. The first-order chi connectivity index (χ1) is 15.5. The summed E-state index contributed by atoms with van der Waals surface area (Å²) in [5.41, 5.74) is 9.86. The Kier molecular flexibility index (Phi) is 5.19. The normalized spacial score (nSPS) is 15.3. The fourth-order valence-corrected chi connectivity index (χ4v) is 5.71. The zero-order valence-corrected chi connectivity index (χ0v) is 18.4. The first-order valence-corrected chi connectivity index (χ1v) is 11.4. The molecule has 0 saturated heterocycles. The maximum absolute atomic E-state index is 13.5. The molecule has 2 amide bonds. The SMILES string of the molecule is C[C@H]1CCc2c(sc(NC(=O)c3cc(-c4cccnc4)nc4ccccc34)c2C(N)=O)C1. The Morgan fingerprint density at radius 1 is 1.19 bits per heavy atom. The molecule has 0 unspecified atom stereocenters. The maximum Gasteiger partial charge on any atom is 0.257 e. The molecule has 0 aliphatic heterocycles. The average Bonchev–Trinajstić information content (AvgIpc) is 3.15. The first kappa shape index (κ1) is 20.3. The van der Waals surface area contributed by atoms with Crippen LogP contribution in [-0.4, -0.2) is 21.8 Å². The topological polar surface area (TPSA) is 98.0 Å². The molecule has 1 aliphatic carbocycles. The fourth-order valence-electron chi connectivity index (χ4n) is 4.30. The van der Waals surface area contributed by atoms with Crippen molar-refractivity contribution in [1.29, 1.82) is 0 Å². The lowest BCUT2D eigenvalue weighted by atomic mass is 9.88. The van der Waals surface area contributed by atoms with Crippen molar-refractivity contribution in [2.24, 2.45) is 11.7 Å². The summed E-state index contributed by atoms with van der Waals surface area (Å²) in [6.45, 7) is 2.20. The van der Waals surface area contributed by atoms with Crippen LogP contribution >= 0.6 is 11.3 Å². The van der Waals surface area contributed by atoms with Crippen LogP contribution in [0.25, 0.3) is 22.2 Å². The maximum atomic E-state index is 13.5. The lowest BCUT2D eigenvalue weighted by Crippen LogP contribution is -2.19. The van der Waals surface area contributed by atoms with Crippen LogP contribution in [0, 0.1) is 5.92 Å². The van der Waals surface area contributed by atoms with Gasteiger partial charge in [0.15, 0.2) is 0 Å². The van der Waals surface area contributed by atoms with E-state index in [2.05, 4.69) is 17.2 Å². The van der Waals surface area contributed by atoms with Crippen LogP contribution in [0.5, 0.6) is 0 Å². The molecular formula is C25H22N4O2S.